The molecule has 0 unspecified atom stereocenters. The lowest BCUT2D eigenvalue weighted by molar-refractivity contribution is 0.531. The molecule has 1 heterocycles. The smallest absolute Gasteiger partial charge is 0.140 e. The van der Waals surface area contributed by atoms with Gasteiger partial charge in [-0.15, -0.1) is 0 Å². The van der Waals surface area contributed by atoms with E-state index in [2.05, 4.69) is 25.9 Å². The summed E-state index contributed by atoms with van der Waals surface area (Å²) in [5, 5.41) is 1.34. The van der Waals surface area contributed by atoms with Crippen LogP contribution in [0.25, 0.3) is 0 Å². The summed E-state index contributed by atoms with van der Waals surface area (Å²) >= 11 is 3.37. The second kappa shape index (κ2) is 6.17. The Balaban J connectivity index is 2.26. The second-order valence-corrected chi connectivity index (χ2v) is 5.98. The highest BCUT2D eigenvalue weighted by molar-refractivity contribution is 9.10. The normalized spacial score (nSPS) is 13.8. The minimum atomic E-state index is -0.667. The number of aliphatic imine (C=N–C) groups is 2. The van der Waals surface area contributed by atoms with Crippen molar-refractivity contribution in [3.8, 4) is 0 Å². The van der Waals surface area contributed by atoms with E-state index in [0.717, 1.165) is 4.47 Å². The zero-order valence-corrected chi connectivity index (χ0v) is 13.8. The predicted molar refractivity (Wildman–Crippen MR) is 90.1 cm³/mol. The van der Waals surface area contributed by atoms with Crippen molar-refractivity contribution < 1.29 is 8.78 Å². The molecule has 0 saturated heterocycles. The summed E-state index contributed by atoms with van der Waals surface area (Å²) in [7, 11) is 1.64. The predicted octanol–water partition coefficient (Wildman–Crippen LogP) is 3.41. The first-order valence-corrected chi connectivity index (χ1v) is 7.61. The number of benzene rings is 2. The summed E-state index contributed by atoms with van der Waals surface area (Å²) in [6, 6.07) is 9.03. The van der Waals surface area contributed by atoms with Gasteiger partial charge in [-0.1, -0.05) is 22.0 Å². The maximum Gasteiger partial charge on any atom is 0.140 e. The Bertz CT molecular complexity index is 811. The van der Waals surface area contributed by atoms with Crippen molar-refractivity contribution in [3.63, 3.8) is 0 Å². The summed E-state index contributed by atoms with van der Waals surface area (Å²) < 4.78 is 29.2. The van der Waals surface area contributed by atoms with Crippen molar-refractivity contribution in [2.24, 2.45) is 15.8 Å². The van der Waals surface area contributed by atoms with Crippen LogP contribution in [0.15, 0.2) is 50.9 Å². The van der Waals surface area contributed by atoms with Gasteiger partial charge in [-0.25, -0.2) is 19.6 Å². The molecule has 3 rings (SSSR count). The van der Waals surface area contributed by atoms with E-state index in [1.807, 2.05) is 0 Å². The van der Waals surface area contributed by atoms with Gasteiger partial charge in [0.1, 0.15) is 17.5 Å². The molecule has 4 nitrogen and oxygen atoms in total. The summed E-state index contributed by atoms with van der Waals surface area (Å²) in [5.41, 5.74) is 1.15. The van der Waals surface area contributed by atoms with Gasteiger partial charge in [0, 0.05) is 17.1 Å². The third-order valence-electron chi connectivity index (χ3n) is 3.45. The molecule has 0 spiro atoms. The van der Waals surface area contributed by atoms with Gasteiger partial charge in [0.2, 0.25) is 0 Å². The topological polar surface area (TPSA) is 54.0 Å². The van der Waals surface area contributed by atoms with E-state index in [1.165, 1.54) is 23.2 Å². The zero-order chi connectivity index (χ0) is 16.6. The summed E-state index contributed by atoms with van der Waals surface area (Å²) in [6.45, 7) is 0.127. The first kappa shape index (κ1) is 15.8. The largest absolute Gasteiger partial charge is 0.300 e. The number of nitrogens with zero attached hydrogens (tertiary/aromatic N) is 3. The molecule has 1 aliphatic heterocycles. The number of amidine groups is 1. The Morgan fingerprint density at radius 2 is 1.87 bits per heavy atom. The van der Waals surface area contributed by atoms with Crippen LogP contribution in [0.1, 0.15) is 11.1 Å². The Morgan fingerprint density at radius 3 is 2.52 bits per heavy atom. The molecule has 0 radical (unpaired) electrons. The number of halogens is 3. The monoisotopic (exact) mass is 378 g/mol. The molecule has 0 aromatic heterocycles. The highest BCUT2D eigenvalue weighted by Crippen LogP contribution is 2.30. The van der Waals surface area contributed by atoms with Gasteiger partial charge in [-0.05, 0) is 30.3 Å². The van der Waals surface area contributed by atoms with Gasteiger partial charge in [0.05, 0.1) is 23.5 Å². The molecular formula is C16H13BrF2N4. The van der Waals surface area contributed by atoms with Crippen molar-refractivity contribution in [1.29, 1.82) is 0 Å². The highest BCUT2D eigenvalue weighted by Gasteiger charge is 2.22. The maximum absolute atomic E-state index is 14.2. The average molecular weight is 379 g/mol. The molecule has 0 amide bonds. The Morgan fingerprint density at radius 1 is 1.17 bits per heavy atom. The van der Waals surface area contributed by atoms with Crippen LogP contribution in [-0.2, 0) is 0 Å². The van der Waals surface area contributed by atoms with Crippen LogP contribution < -0.4 is 5.84 Å². The molecule has 23 heavy (non-hydrogen) atoms. The van der Waals surface area contributed by atoms with Gasteiger partial charge in [0.15, 0.2) is 0 Å². The van der Waals surface area contributed by atoms with Gasteiger partial charge in [-0.2, -0.15) is 0 Å². The molecule has 118 valence electrons. The van der Waals surface area contributed by atoms with Crippen molar-refractivity contribution in [3.05, 3.63) is 63.6 Å². The number of fused-ring (bicyclic) bond motifs is 1. The van der Waals surface area contributed by atoms with Crippen LogP contribution in [0.4, 0.5) is 14.5 Å². The zero-order valence-electron chi connectivity index (χ0n) is 12.2. The third kappa shape index (κ3) is 3.02. The van der Waals surface area contributed by atoms with Crippen molar-refractivity contribution in [1.82, 2.24) is 5.01 Å². The maximum atomic E-state index is 14.2. The molecule has 2 aromatic rings. The molecule has 2 N–H and O–H groups in total. The Kier molecular flexibility index (Phi) is 4.23. The SMILES string of the molecule is CN(N)C1=Nc2ccc(Br)cc2C(c2c(F)cccc2F)=NC1. The van der Waals surface area contributed by atoms with Crippen LogP contribution >= 0.6 is 15.9 Å². The van der Waals surface area contributed by atoms with E-state index < -0.39 is 11.6 Å². The highest BCUT2D eigenvalue weighted by atomic mass is 79.9. The number of hydrogen-bond donors (Lipinski definition) is 1. The summed E-state index contributed by atoms with van der Waals surface area (Å²) in [4.78, 5) is 8.82. The number of likely N-dealkylation sites (N-methyl/N-ethyl adjacent to an activating group) is 1. The second-order valence-electron chi connectivity index (χ2n) is 5.06. The molecule has 0 aliphatic carbocycles. The minimum Gasteiger partial charge on any atom is -0.300 e. The fourth-order valence-corrected chi connectivity index (χ4v) is 2.69. The van der Waals surface area contributed by atoms with Crippen LogP contribution in [-0.4, -0.2) is 30.1 Å². The standard InChI is InChI=1S/C16H13BrF2N4/c1-23(20)14-8-21-16(15-11(18)3-2-4-12(15)19)10-7-9(17)5-6-13(10)22-14/h2-7H,8,20H2,1H3. The number of hydrogen-bond acceptors (Lipinski definition) is 4. The number of rotatable bonds is 1. The molecule has 0 bridgehead atoms. The van der Waals surface area contributed by atoms with Gasteiger partial charge in [0.25, 0.3) is 0 Å². The quantitative estimate of drug-likeness (QED) is 0.610. The van der Waals surface area contributed by atoms with Crippen LogP contribution in [0.3, 0.4) is 0 Å². The van der Waals surface area contributed by atoms with Crippen molar-refractivity contribution >= 4 is 33.2 Å². The number of nitrogens with two attached hydrogens (primary N) is 1. The van der Waals surface area contributed by atoms with Crippen LogP contribution in [0.5, 0.6) is 0 Å². The molecular weight excluding hydrogens is 366 g/mol. The molecule has 1 aliphatic rings. The van der Waals surface area contributed by atoms with E-state index in [4.69, 9.17) is 5.84 Å². The van der Waals surface area contributed by atoms with Crippen LogP contribution in [0, 0.1) is 11.6 Å². The molecule has 2 aromatic carbocycles. The summed E-state index contributed by atoms with van der Waals surface area (Å²) in [6.07, 6.45) is 0. The van der Waals surface area contributed by atoms with Gasteiger partial charge < -0.3 is 0 Å². The average Bonchev–Trinajstić information content (AvgIpc) is 2.67. The Labute approximate surface area is 140 Å². The lowest BCUT2D eigenvalue weighted by atomic mass is 9.99. The third-order valence-corrected chi connectivity index (χ3v) is 3.94. The van der Waals surface area contributed by atoms with E-state index in [9.17, 15) is 8.78 Å². The summed E-state index contributed by atoms with van der Waals surface area (Å²) in [5.74, 6) is 4.91. The fraction of sp³-hybridized carbons (Fsp3) is 0.125. The lowest BCUT2D eigenvalue weighted by Gasteiger charge is -2.12. The molecule has 0 saturated carbocycles. The van der Waals surface area contributed by atoms with E-state index in [1.54, 1.807) is 25.2 Å². The van der Waals surface area contributed by atoms with Gasteiger partial charge >= 0.3 is 0 Å². The Hall–Kier alpha value is -2.12. The lowest BCUT2D eigenvalue weighted by Crippen LogP contribution is -2.34. The molecule has 7 heteroatoms. The van der Waals surface area contributed by atoms with Gasteiger partial charge in [-0.3, -0.25) is 10.0 Å². The van der Waals surface area contributed by atoms with E-state index in [0.29, 0.717) is 17.1 Å². The van der Waals surface area contributed by atoms with Crippen molar-refractivity contribution in [2.45, 2.75) is 0 Å². The van der Waals surface area contributed by atoms with Crippen LogP contribution in [0.2, 0.25) is 0 Å². The fourth-order valence-electron chi connectivity index (χ4n) is 2.33. The first-order valence-electron chi connectivity index (χ1n) is 6.82. The van der Waals surface area contributed by atoms with E-state index >= 15 is 0 Å². The first-order chi connectivity index (χ1) is 11.0. The van der Waals surface area contributed by atoms with Crippen molar-refractivity contribution in [2.75, 3.05) is 13.6 Å². The van der Waals surface area contributed by atoms with E-state index in [-0.39, 0.29) is 17.8 Å². The number of hydrazine groups is 1. The molecule has 0 fully saturated rings. The molecule has 0 atom stereocenters. The minimum absolute atomic E-state index is 0.127.